The van der Waals surface area contributed by atoms with E-state index in [9.17, 15) is 0 Å². The van der Waals surface area contributed by atoms with E-state index in [0.717, 1.165) is 11.3 Å². The quantitative estimate of drug-likeness (QED) is 0.595. The lowest BCUT2D eigenvalue weighted by atomic mass is 10.2. The molecule has 0 saturated carbocycles. The summed E-state index contributed by atoms with van der Waals surface area (Å²) in [6.45, 7) is 3.74. The van der Waals surface area contributed by atoms with Crippen LogP contribution in [0.3, 0.4) is 0 Å². The third-order valence-corrected chi connectivity index (χ3v) is 6.50. The summed E-state index contributed by atoms with van der Waals surface area (Å²) in [5.74, 6) is 0.727. The highest BCUT2D eigenvalue weighted by atomic mass is 31.2. The van der Waals surface area contributed by atoms with E-state index in [-0.39, 0.29) is 0 Å². The fourth-order valence-corrected chi connectivity index (χ4v) is 4.85. The van der Waals surface area contributed by atoms with Crippen LogP contribution in [0.4, 0.5) is 0 Å². The summed E-state index contributed by atoms with van der Waals surface area (Å²) in [5.41, 5.74) is 1.06. The molecule has 0 fully saturated rings. The lowest BCUT2D eigenvalue weighted by Crippen LogP contribution is -2.31. The molecule has 1 aromatic carbocycles. The van der Waals surface area contributed by atoms with Crippen molar-refractivity contribution in [3.8, 4) is 5.75 Å². The molecule has 20 heavy (non-hydrogen) atoms. The Morgan fingerprint density at radius 1 is 0.950 bits per heavy atom. The van der Waals surface area contributed by atoms with Crippen molar-refractivity contribution in [2.75, 3.05) is 42.3 Å². The second-order valence-corrected chi connectivity index (χ2v) is 8.66. The highest BCUT2D eigenvalue weighted by Crippen LogP contribution is 2.54. The third kappa shape index (κ3) is 3.49. The molecule has 0 radical (unpaired) electrons. The minimum Gasteiger partial charge on any atom is -0.355 e. The second-order valence-electron chi connectivity index (χ2n) is 5.02. The van der Waals surface area contributed by atoms with Crippen molar-refractivity contribution in [1.29, 1.82) is 0 Å². The molecule has 0 aliphatic carbocycles. The van der Waals surface area contributed by atoms with E-state index in [1.807, 2.05) is 66.6 Å². The van der Waals surface area contributed by atoms with E-state index in [1.54, 1.807) is 6.08 Å². The number of nitrogens with zero attached hydrogens (tertiary/aromatic N) is 4. The Bertz CT molecular complexity index is 466. The molecule has 0 aromatic heterocycles. The first-order valence-electron chi connectivity index (χ1n) is 6.39. The maximum absolute atomic E-state index is 5.67. The van der Waals surface area contributed by atoms with Crippen LogP contribution in [0.15, 0.2) is 35.8 Å². The molecule has 0 aliphatic rings. The molecular weight excluding hydrogens is 271 g/mol. The van der Waals surface area contributed by atoms with Gasteiger partial charge in [0.25, 0.3) is 0 Å². The Labute approximate surface area is 122 Å². The average Bonchev–Trinajstić information content (AvgIpc) is 2.38. The molecule has 0 bridgehead atoms. The average molecular weight is 296 g/mol. The topological polar surface area (TPSA) is 31.3 Å². The lowest BCUT2D eigenvalue weighted by Gasteiger charge is -2.39. The summed E-state index contributed by atoms with van der Waals surface area (Å²) >= 11 is 0. The van der Waals surface area contributed by atoms with Gasteiger partial charge in [-0.15, -0.1) is 0 Å². The van der Waals surface area contributed by atoms with Crippen LogP contribution in [0.5, 0.6) is 5.75 Å². The SMILES string of the molecule is C=Cc1ccc(ON=P(N(C)C)(N(C)C)N(C)C)cc1. The maximum Gasteiger partial charge on any atom is 0.210 e. The van der Waals surface area contributed by atoms with E-state index in [4.69, 9.17) is 4.84 Å². The van der Waals surface area contributed by atoms with Crippen molar-refractivity contribution >= 4 is 13.6 Å². The van der Waals surface area contributed by atoms with Crippen LogP contribution in [-0.4, -0.2) is 56.3 Å². The first-order valence-corrected chi connectivity index (χ1v) is 7.99. The van der Waals surface area contributed by atoms with Gasteiger partial charge >= 0.3 is 0 Å². The molecule has 0 saturated heterocycles. The Hall–Kier alpha value is -1.13. The van der Waals surface area contributed by atoms with Gasteiger partial charge in [-0.2, -0.15) is 0 Å². The van der Waals surface area contributed by atoms with Crippen molar-refractivity contribution in [2.45, 2.75) is 0 Å². The Morgan fingerprint density at radius 2 is 1.40 bits per heavy atom. The van der Waals surface area contributed by atoms with Crippen LogP contribution >= 0.6 is 7.51 Å². The highest BCUT2D eigenvalue weighted by Gasteiger charge is 2.29. The predicted octanol–water partition coefficient (Wildman–Crippen LogP) is 3.25. The monoisotopic (exact) mass is 296 g/mol. The van der Waals surface area contributed by atoms with Crippen LogP contribution in [0.1, 0.15) is 5.56 Å². The molecule has 5 nitrogen and oxygen atoms in total. The number of hydrogen-bond acceptors (Lipinski definition) is 2. The van der Waals surface area contributed by atoms with Gasteiger partial charge in [0.1, 0.15) is 0 Å². The minimum atomic E-state index is -2.01. The molecule has 112 valence electrons. The van der Waals surface area contributed by atoms with Gasteiger partial charge in [-0.05, 0) is 60.0 Å². The molecule has 6 heteroatoms. The zero-order valence-electron chi connectivity index (χ0n) is 13.2. The second kappa shape index (κ2) is 7.04. The lowest BCUT2D eigenvalue weighted by molar-refractivity contribution is 0.324. The first kappa shape index (κ1) is 16.9. The summed E-state index contributed by atoms with van der Waals surface area (Å²) in [7, 11) is 10.1. The van der Waals surface area contributed by atoms with Crippen molar-refractivity contribution in [1.82, 2.24) is 14.0 Å². The summed E-state index contributed by atoms with van der Waals surface area (Å²) in [6.07, 6.45) is 1.80. The van der Waals surface area contributed by atoms with E-state index in [2.05, 4.69) is 25.5 Å². The van der Waals surface area contributed by atoms with E-state index in [0.29, 0.717) is 0 Å². The van der Waals surface area contributed by atoms with Crippen molar-refractivity contribution < 1.29 is 4.84 Å². The Kier molecular flexibility index (Phi) is 5.96. The molecule has 0 unspecified atom stereocenters. The number of rotatable bonds is 6. The largest absolute Gasteiger partial charge is 0.355 e. The highest BCUT2D eigenvalue weighted by molar-refractivity contribution is 7.58. The Balaban J connectivity index is 3.10. The number of hydrogen-bond donors (Lipinski definition) is 0. The first-order chi connectivity index (χ1) is 9.34. The van der Waals surface area contributed by atoms with Gasteiger partial charge in [0.2, 0.25) is 7.51 Å². The van der Waals surface area contributed by atoms with Gasteiger partial charge in [0, 0.05) is 0 Å². The molecule has 0 aliphatic heterocycles. The standard InChI is InChI=1S/C14H25N4OP/c1-8-13-9-11-14(12-10-13)19-15-20(16(2)3,17(4)5)18(6)7/h8-12H,1H2,2-7H3. The van der Waals surface area contributed by atoms with E-state index < -0.39 is 7.51 Å². The van der Waals surface area contributed by atoms with Gasteiger partial charge in [-0.25, -0.2) is 14.0 Å². The summed E-state index contributed by atoms with van der Waals surface area (Å²) < 4.78 is 6.31. The molecule has 0 amide bonds. The molecule has 0 spiro atoms. The molecule has 0 atom stereocenters. The normalized spacial score (nSPS) is 12.1. The van der Waals surface area contributed by atoms with E-state index >= 15 is 0 Å². The van der Waals surface area contributed by atoms with Gasteiger partial charge in [-0.1, -0.05) is 29.7 Å². The van der Waals surface area contributed by atoms with Crippen LogP contribution in [0, 0.1) is 0 Å². The zero-order valence-corrected chi connectivity index (χ0v) is 14.1. The van der Waals surface area contributed by atoms with Crippen molar-refractivity contribution in [3.63, 3.8) is 0 Å². The third-order valence-electron chi connectivity index (χ3n) is 2.98. The van der Waals surface area contributed by atoms with Crippen molar-refractivity contribution in [3.05, 3.63) is 36.4 Å². The summed E-state index contributed by atoms with van der Waals surface area (Å²) in [6, 6.07) is 7.71. The molecule has 0 N–H and O–H groups in total. The van der Waals surface area contributed by atoms with E-state index in [1.165, 1.54) is 0 Å². The fourth-order valence-electron chi connectivity index (χ4n) is 2.06. The van der Waals surface area contributed by atoms with Crippen LogP contribution in [-0.2, 0) is 0 Å². The van der Waals surface area contributed by atoms with Crippen LogP contribution < -0.4 is 4.84 Å². The van der Waals surface area contributed by atoms with Crippen LogP contribution in [0.2, 0.25) is 0 Å². The predicted molar refractivity (Wildman–Crippen MR) is 87.6 cm³/mol. The molecule has 1 rings (SSSR count). The van der Waals surface area contributed by atoms with Gasteiger partial charge in [0.15, 0.2) is 5.75 Å². The number of benzene rings is 1. The fraction of sp³-hybridized carbons (Fsp3) is 0.429. The smallest absolute Gasteiger partial charge is 0.210 e. The van der Waals surface area contributed by atoms with Gasteiger partial charge in [-0.3, -0.25) is 0 Å². The maximum atomic E-state index is 5.67. The Morgan fingerprint density at radius 3 is 1.75 bits per heavy atom. The molecule has 0 heterocycles. The zero-order chi connectivity index (χ0) is 15.3. The van der Waals surface area contributed by atoms with Crippen molar-refractivity contribution in [2.24, 2.45) is 4.91 Å². The minimum absolute atomic E-state index is 0.727. The van der Waals surface area contributed by atoms with Crippen LogP contribution in [0.25, 0.3) is 6.08 Å². The molecular formula is C14H25N4OP. The molecule has 1 aromatic rings. The summed E-state index contributed by atoms with van der Waals surface area (Å²) in [5, 5.41) is 0. The van der Waals surface area contributed by atoms with Gasteiger partial charge in [0.05, 0.1) is 0 Å². The summed E-state index contributed by atoms with van der Waals surface area (Å²) in [4.78, 5) is 10.2. The van der Waals surface area contributed by atoms with Gasteiger partial charge < -0.3 is 4.84 Å².